The van der Waals surface area contributed by atoms with Crippen molar-refractivity contribution in [3.63, 3.8) is 0 Å². The van der Waals surface area contributed by atoms with Gasteiger partial charge in [-0.2, -0.15) is 0 Å². The predicted octanol–water partition coefficient (Wildman–Crippen LogP) is 0.386. The van der Waals surface area contributed by atoms with Crippen LogP contribution >= 0.6 is 0 Å². The molecule has 1 heterocycles. The number of amides is 1. The summed E-state index contributed by atoms with van der Waals surface area (Å²) in [5, 5.41) is 18.1. The molecule has 1 amide bonds. The molecule has 0 aromatic carbocycles. The Balaban J connectivity index is 2.75. The molecule has 0 saturated heterocycles. The third-order valence-corrected chi connectivity index (χ3v) is 3.58. The van der Waals surface area contributed by atoms with Crippen LogP contribution < -0.4 is 10.5 Å². The van der Waals surface area contributed by atoms with Crippen molar-refractivity contribution < 1.29 is 18.1 Å². The van der Waals surface area contributed by atoms with Crippen molar-refractivity contribution >= 4 is 21.6 Å². The van der Waals surface area contributed by atoms with Crippen LogP contribution in [0.5, 0.6) is 0 Å². The number of nitrogens with two attached hydrogens (primary N) is 1. The Kier molecular flexibility index (Phi) is 5.44. The van der Waals surface area contributed by atoms with Crippen LogP contribution in [0, 0.1) is 10.1 Å². The Morgan fingerprint density at radius 1 is 1.52 bits per heavy atom. The molecular formula is C11H18N4O5S. The highest BCUT2D eigenvalue weighted by atomic mass is 32.2. The van der Waals surface area contributed by atoms with E-state index in [0.717, 1.165) is 0 Å². The normalized spacial score (nSPS) is 11.6. The fourth-order valence-electron chi connectivity index (χ4n) is 1.74. The van der Waals surface area contributed by atoms with Gasteiger partial charge >= 0.3 is 0 Å². The first-order valence-electron chi connectivity index (χ1n) is 6.26. The van der Waals surface area contributed by atoms with Gasteiger partial charge in [-0.1, -0.05) is 0 Å². The molecule has 1 aromatic heterocycles. The first-order valence-corrected chi connectivity index (χ1v) is 7.98. The molecule has 3 N–H and O–H groups in total. The van der Waals surface area contributed by atoms with Gasteiger partial charge in [0, 0.05) is 18.7 Å². The largest absolute Gasteiger partial charge is 0.351 e. The van der Waals surface area contributed by atoms with Crippen LogP contribution in [0.25, 0.3) is 0 Å². The number of nitrogens with one attached hydrogen (secondary N) is 1. The Bertz CT molecular complexity index is 635. The highest BCUT2D eigenvalue weighted by Gasteiger charge is 2.20. The Morgan fingerprint density at radius 2 is 2.14 bits per heavy atom. The van der Waals surface area contributed by atoms with Crippen molar-refractivity contribution in [2.45, 2.75) is 26.3 Å². The molecule has 0 aliphatic carbocycles. The molecule has 10 heteroatoms. The van der Waals surface area contributed by atoms with Gasteiger partial charge in [0.2, 0.25) is 10.0 Å². The van der Waals surface area contributed by atoms with Crippen molar-refractivity contribution in [2.75, 3.05) is 12.3 Å². The van der Waals surface area contributed by atoms with E-state index in [1.807, 2.05) is 0 Å². The van der Waals surface area contributed by atoms with Crippen LogP contribution in [0.1, 0.15) is 36.8 Å². The standard InChI is InChI=1S/C11H18N4O5S/c1-8(2)14-7-9(15(17)18)6-10(14)11(16)13-4-3-5-21(12,19)20/h6-8H,3-5H2,1-2H3,(H,13,16)(H2,12,19,20). The molecular weight excluding hydrogens is 300 g/mol. The molecule has 1 rings (SSSR count). The smallest absolute Gasteiger partial charge is 0.287 e. The van der Waals surface area contributed by atoms with E-state index in [0.29, 0.717) is 0 Å². The van der Waals surface area contributed by atoms with Crippen LogP contribution in [-0.4, -0.2) is 36.1 Å². The van der Waals surface area contributed by atoms with Crippen molar-refractivity contribution in [1.29, 1.82) is 0 Å². The number of primary sulfonamides is 1. The fourth-order valence-corrected chi connectivity index (χ4v) is 2.29. The van der Waals surface area contributed by atoms with E-state index in [4.69, 9.17) is 5.14 Å². The van der Waals surface area contributed by atoms with Gasteiger partial charge < -0.3 is 9.88 Å². The number of aromatic nitrogens is 1. The van der Waals surface area contributed by atoms with Gasteiger partial charge in [0.05, 0.1) is 16.9 Å². The van der Waals surface area contributed by atoms with Crippen LogP contribution in [0.3, 0.4) is 0 Å². The second-order valence-corrected chi connectivity index (χ2v) is 6.55. The highest BCUT2D eigenvalue weighted by molar-refractivity contribution is 7.89. The number of hydrogen-bond donors (Lipinski definition) is 2. The fraction of sp³-hybridized carbons (Fsp3) is 0.545. The van der Waals surface area contributed by atoms with Gasteiger partial charge in [-0.05, 0) is 20.3 Å². The van der Waals surface area contributed by atoms with Crippen LogP contribution in [0.2, 0.25) is 0 Å². The van der Waals surface area contributed by atoms with Crippen LogP contribution in [-0.2, 0) is 10.0 Å². The molecule has 1 aromatic rings. The van der Waals surface area contributed by atoms with E-state index in [1.165, 1.54) is 16.8 Å². The molecule has 0 saturated carbocycles. The molecule has 0 radical (unpaired) electrons. The molecule has 21 heavy (non-hydrogen) atoms. The zero-order chi connectivity index (χ0) is 16.2. The van der Waals surface area contributed by atoms with E-state index in [-0.39, 0.29) is 36.1 Å². The summed E-state index contributed by atoms with van der Waals surface area (Å²) in [4.78, 5) is 22.2. The number of nitro groups is 1. The topological polar surface area (TPSA) is 137 Å². The number of hydrogen-bond acceptors (Lipinski definition) is 5. The van der Waals surface area contributed by atoms with E-state index in [9.17, 15) is 23.3 Å². The van der Waals surface area contributed by atoms with Crippen LogP contribution in [0.4, 0.5) is 5.69 Å². The van der Waals surface area contributed by atoms with E-state index in [1.54, 1.807) is 13.8 Å². The summed E-state index contributed by atoms with van der Waals surface area (Å²) < 4.78 is 23.0. The quantitative estimate of drug-likeness (QED) is 0.425. The Morgan fingerprint density at radius 3 is 2.62 bits per heavy atom. The number of carbonyl (C=O) groups is 1. The molecule has 0 aliphatic rings. The summed E-state index contributed by atoms with van der Waals surface area (Å²) in [5.74, 6) is -0.732. The Hall–Kier alpha value is -1.94. The van der Waals surface area contributed by atoms with Gasteiger partial charge in [-0.25, -0.2) is 13.6 Å². The van der Waals surface area contributed by atoms with Crippen molar-refractivity contribution in [3.8, 4) is 0 Å². The molecule has 0 fully saturated rings. The highest BCUT2D eigenvalue weighted by Crippen LogP contribution is 2.20. The van der Waals surface area contributed by atoms with Crippen molar-refractivity contribution in [3.05, 3.63) is 28.1 Å². The number of sulfonamides is 1. The average molecular weight is 318 g/mol. The van der Waals surface area contributed by atoms with Crippen LogP contribution in [0.15, 0.2) is 12.3 Å². The van der Waals surface area contributed by atoms with Gasteiger partial charge in [0.25, 0.3) is 11.6 Å². The third-order valence-electron chi connectivity index (χ3n) is 2.73. The molecule has 0 unspecified atom stereocenters. The molecule has 0 bridgehead atoms. The summed E-state index contributed by atoms with van der Waals surface area (Å²) in [6, 6.07) is 1.07. The number of carbonyl (C=O) groups excluding carboxylic acids is 1. The van der Waals surface area contributed by atoms with E-state index < -0.39 is 20.9 Å². The van der Waals surface area contributed by atoms with Gasteiger partial charge in [0.15, 0.2) is 0 Å². The molecule has 0 spiro atoms. The van der Waals surface area contributed by atoms with Gasteiger partial charge in [-0.3, -0.25) is 14.9 Å². The summed E-state index contributed by atoms with van der Waals surface area (Å²) in [7, 11) is -3.56. The lowest BCUT2D eigenvalue weighted by atomic mass is 10.3. The number of rotatable bonds is 7. The summed E-state index contributed by atoms with van der Waals surface area (Å²) in [5.41, 5.74) is -0.00862. The molecule has 0 aliphatic heterocycles. The minimum atomic E-state index is -3.56. The van der Waals surface area contributed by atoms with Crippen molar-refractivity contribution in [2.24, 2.45) is 5.14 Å². The predicted molar refractivity (Wildman–Crippen MR) is 76.4 cm³/mol. The van der Waals surface area contributed by atoms with E-state index >= 15 is 0 Å². The van der Waals surface area contributed by atoms with Gasteiger partial charge in [-0.15, -0.1) is 0 Å². The maximum Gasteiger partial charge on any atom is 0.287 e. The molecule has 9 nitrogen and oxygen atoms in total. The third kappa shape index (κ3) is 5.16. The maximum atomic E-state index is 12.0. The van der Waals surface area contributed by atoms with E-state index in [2.05, 4.69) is 5.32 Å². The lowest BCUT2D eigenvalue weighted by molar-refractivity contribution is -0.384. The molecule has 118 valence electrons. The zero-order valence-corrected chi connectivity index (χ0v) is 12.6. The lowest BCUT2D eigenvalue weighted by Gasteiger charge is -2.12. The number of nitrogens with zero attached hydrogens (tertiary/aromatic N) is 2. The first-order chi connectivity index (χ1) is 9.61. The monoisotopic (exact) mass is 318 g/mol. The average Bonchev–Trinajstić information content (AvgIpc) is 2.78. The maximum absolute atomic E-state index is 12.0. The summed E-state index contributed by atoms with van der Waals surface area (Å²) in [6.45, 7) is 3.70. The summed E-state index contributed by atoms with van der Waals surface area (Å²) >= 11 is 0. The SMILES string of the molecule is CC(C)n1cc([N+](=O)[O-])cc1C(=O)NCCCS(N)(=O)=O. The zero-order valence-electron chi connectivity index (χ0n) is 11.8. The van der Waals surface area contributed by atoms with Crippen molar-refractivity contribution in [1.82, 2.24) is 9.88 Å². The second-order valence-electron chi connectivity index (χ2n) is 4.82. The second kappa shape index (κ2) is 6.68. The summed E-state index contributed by atoms with van der Waals surface area (Å²) in [6.07, 6.45) is 1.47. The minimum absolute atomic E-state index is 0.117. The van der Waals surface area contributed by atoms with Gasteiger partial charge in [0.1, 0.15) is 5.69 Å². The minimum Gasteiger partial charge on any atom is -0.351 e. The first kappa shape index (κ1) is 17.1. The Labute approximate surface area is 122 Å². The molecule has 0 atom stereocenters. The lowest BCUT2D eigenvalue weighted by Crippen LogP contribution is -2.29.